The Kier molecular flexibility index (Phi) is 8.56. The summed E-state index contributed by atoms with van der Waals surface area (Å²) in [7, 11) is 0. The van der Waals surface area contributed by atoms with Gasteiger partial charge >= 0.3 is 5.97 Å². The summed E-state index contributed by atoms with van der Waals surface area (Å²) in [6, 6.07) is 14.7. The van der Waals surface area contributed by atoms with E-state index < -0.39 is 17.8 Å². The van der Waals surface area contributed by atoms with Crippen molar-refractivity contribution in [2.24, 2.45) is 5.10 Å². The van der Waals surface area contributed by atoms with Crippen LogP contribution in [0.2, 0.25) is 5.02 Å². The first-order valence-corrected chi connectivity index (χ1v) is 11.1. The fraction of sp³-hybridized carbons (Fsp3) is 0.130. The second-order valence-corrected chi connectivity index (χ2v) is 7.88. The van der Waals surface area contributed by atoms with Crippen molar-refractivity contribution in [2.75, 3.05) is 13.2 Å². The molecule has 0 aliphatic heterocycles. The molecule has 0 aliphatic carbocycles. The highest BCUT2D eigenvalue weighted by Crippen LogP contribution is 2.29. The molecule has 1 heterocycles. The highest BCUT2D eigenvalue weighted by molar-refractivity contribution is 7.12. The number of benzene rings is 2. The van der Waals surface area contributed by atoms with Gasteiger partial charge in [-0.3, -0.25) is 9.59 Å². The molecule has 1 aromatic heterocycles. The van der Waals surface area contributed by atoms with Crippen LogP contribution in [0, 0.1) is 0 Å². The van der Waals surface area contributed by atoms with Gasteiger partial charge in [-0.2, -0.15) is 5.10 Å². The minimum Gasteiger partial charge on any atom is -0.490 e. The Hall–Kier alpha value is -3.69. The number of hydrogen-bond acceptors (Lipinski definition) is 7. The Morgan fingerprint density at radius 1 is 1.09 bits per heavy atom. The van der Waals surface area contributed by atoms with Crippen LogP contribution in [0.4, 0.5) is 0 Å². The quantitative estimate of drug-likeness (QED) is 0.207. The number of esters is 1. The van der Waals surface area contributed by atoms with E-state index in [4.69, 9.17) is 21.1 Å². The third-order valence-corrected chi connectivity index (χ3v) is 5.18. The van der Waals surface area contributed by atoms with E-state index in [1.165, 1.54) is 23.6 Å². The number of carbonyl (C=O) groups is 3. The predicted molar refractivity (Wildman–Crippen MR) is 126 cm³/mol. The van der Waals surface area contributed by atoms with Gasteiger partial charge in [0, 0.05) is 10.6 Å². The topological polar surface area (TPSA) is 106 Å². The van der Waals surface area contributed by atoms with E-state index in [1.807, 2.05) is 6.92 Å². The number of hydrogen-bond donors (Lipinski definition) is 2. The summed E-state index contributed by atoms with van der Waals surface area (Å²) in [5.41, 5.74) is 3.29. The second-order valence-electron chi connectivity index (χ2n) is 6.49. The third kappa shape index (κ3) is 7.16. The number of hydrazone groups is 1. The summed E-state index contributed by atoms with van der Waals surface area (Å²) in [6.45, 7) is 1.92. The lowest BCUT2D eigenvalue weighted by molar-refractivity contribution is -0.120. The van der Waals surface area contributed by atoms with Gasteiger partial charge < -0.3 is 14.8 Å². The Labute approximate surface area is 199 Å². The van der Waals surface area contributed by atoms with Crippen molar-refractivity contribution < 1.29 is 23.9 Å². The van der Waals surface area contributed by atoms with Gasteiger partial charge in [0.2, 0.25) is 0 Å². The Morgan fingerprint density at radius 2 is 1.94 bits per heavy atom. The molecule has 0 aliphatic rings. The van der Waals surface area contributed by atoms with Crippen LogP contribution in [0.1, 0.15) is 32.5 Å². The Balaban J connectivity index is 1.55. The van der Waals surface area contributed by atoms with Crippen molar-refractivity contribution in [3.63, 3.8) is 0 Å². The van der Waals surface area contributed by atoms with Crippen LogP contribution in [-0.4, -0.2) is 37.1 Å². The molecule has 0 radical (unpaired) electrons. The summed E-state index contributed by atoms with van der Waals surface area (Å²) >= 11 is 7.14. The van der Waals surface area contributed by atoms with Gasteiger partial charge in [0.15, 0.2) is 11.5 Å². The van der Waals surface area contributed by atoms with E-state index in [0.29, 0.717) is 33.4 Å². The van der Waals surface area contributed by atoms with Crippen LogP contribution < -0.4 is 20.2 Å². The van der Waals surface area contributed by atoms with Crippen LogP contribution in [0.15, 0.2) is 65.1 Å². The van der Waals surface area contributed by atoms with Crippen molar-refractivity contribution in [1.82, 2.24) is 10.7 Å². The third-order valence-electron chi connectivity index (χ3n) is 4.09. The van der Waals surface area contributed by atoms with Crippen molar-refractivity contribution in [3.8, 4) is 11.5 Å². The molecule has 2 aromatic carbocycles. The first-order valence-electron chi connectivity index (χ1n) is 9.84. The van der Waals surface area contributed by atoms with Gasteiger partial charge in [-0.05, 0) is 60.3 Å². The smallest absolute Gasteiger partial charge is 0.353 e. The van der Waals surface area contributed by atoms with Crippen LogP contribution in [0.25, 0.3) is 0 Å². The average Bonchev–Trinajstić information content (AvgIpc) is 3.34. The van der Waals surface area contributed by atoms with Crippen molar-refractivity contribution in [2.45, 2.75) is 6.92 Å². The largest absolute Gasteiger partial charge is 0.490 e. The maximum atomic E-state index is 12.2. The maximum absolute atomic E-state index is 12.2. The molecule has 0 atom stereocenters. The van der Waals surface area contributed by atoms with Crippen molar-refractivity contribution >= 4 is 46.9 Å². The number of carbonyl (C=O) groups excluding carboxylic acids is 3. The fourth-order valence-electron chi connectivity index (χ4n) is 2.61. The zero-order chi connectivity index (χ0) is 23.6. The van der Waals surface area contributed by atoms with Crippen molar-refractivity contribution in [1.29, 1.82) is 0 Å². The SMILES string of the molecule is CCOc1cc(/C=N/NC(=O)CNC(=O)c2cccc(Cl)c2)ccc1OC(=O)c1cccs1. The molecule has 0 saturated carbocycles. The average molecular weight is 486 g/mol. The minimum absolute atomic E-state index is 0.259. The lowest BCUT2D eigenvalue weighted by atomic mass is 10.2. The molecular weight excluding hydrogens is 466 g/mol. The van der Waals surface area contributed by atoms with Gasteiger partial charge in [0.1, 0.15) is 4.88 Å². The number of rotatable bonds is 9. The maximum Gasteiger partial charge on any atom is 0.353 e. The van der Waals surface area contributed by atoms with Crippen LogP contribution in [0.3, 0.4) is 0 Å². The van der Waals surface area contributed by atoms with Gasteiger partial charge in [0.25, 0.3) is 11.8 Å². The monoisotopic (exact) mass is 485 g/mol. The normalized spacial score (nSPS) is 10.6. The van der Waals surface area contributed by atoms with E-state index >= 15 is 0 Å². The summed E-state index contributed by atoms with van der Waals surface area (Å²) < 4.78 is 11.0. The molecule has 0 bridgehead atoms. The first-order chi connectivity index (χ1) is 16.0. The summed E-state index contributed by atoms with van der Waals surface area (Å²) in [5.74, 6) is -0.759. The van der Waals surface area contributed by atoms with Gasteiger partial charge in [-0.15, -0.1) is 11.3 Å². The zero-order valence-corrected chi connectivity index (χ0v) is 19.1. The molecular formula is C23H20ClN3O5S. The van der Waals surface area contributed by atoms with E-state index in [-0.39, 0.29) is 12.3 Å². The molecule has 3 aromatic rings. The Morgan fingerprint density at radius 3 is 2.67 bits per heavy atom. The molecule has 0 unspecified atom stereocenters. The van der Waals surface area contributed by atoms with Gasteiger partial charge in [0.05, 0.1) is 19.4 Å². The highest BCUT2D eigenvalue weighted by Gasteiger charge is 2.14. The van der Waals surface area contributed by atoms with E-state index in [0.717, 1.165) is 0 Å². The van der Waals surface area contributed by atoms with Crippen LogP contribution >= 0.6 is 22.9 Å². The lowest BCUT2D eigenvalue weighted by Gasteiger charge is -2.10. The summed E-state index contributed by atoms with van der Waals surface area (Å²) in [5, 5.41) is 8.58. The molecule has 0 fully saturated rings. The highest BCUT2D eigenvalue weighted by atomic mass is 35.5. The van der Waals surface area contributed by atoms with E-state index in [2.05, 4.69) is 15.8 Å². The fourth-order valence-corrected chi connectivity index (χ4v) is 3.40. The number of nitrogens with zero attached hydrogens (tertiary/aromatic N) is 1. The number of halogens is 1. The molecule has 170 valence electrons. The van der Waals surface area contributed by atoms with Crippen LogP contribution in [-0.2, 0) is 4.79 Å². The summed E-state index contributed by atoms with van der Waals surface area (Å²) in [4.78, 5) is 36.7. The molecule has 0 saturated heterocycles. The molecule has 2 N–H and O–H groups in total. The number of nitrogens with one attached hydrogen (secondary N) is 2. The van der Waals surface area contributed by atoms with Gasteiger partial charge in [-0.25, -0.2) is 10.2 Å². The molecule has 8 nitrogen and oxygen atoms in total. The molecule has 10 heteroatoms. The zero-order valence-electron chi connectivity index (χ0n) is 17.5. The second kappa shape index (κ2) is 11.8. The van der Waals surface area contributed by atoms with E-state index in [1.54, 1.807) is 53.9 Å². The number of ether oxygens (including phenoxy) is 2. The molecule has 0 spiro atoms. The molecule has 2 amide bonds. The predicted octanol–water partition coefficient (Wildman–Crippen LogP) is 3.90. The standard InChI is InChI=1S/C23H20ClN3O5S/c1-2-31-19-11-15(8-9-18(19)32-23(30)20-7-4-10-33-20)13-26-27-21(28)14-25-22(29)16-5-3-6-17(24)12-16/h3-13H,2,14H2,1H3,(H,25,29)(H,27,28)/b26-13+. The summed E-state index contributed by atoms with van der Waals surface area (Å²) in [6.07, 6.45) is 1.41. The number of amides is 2. The Bertz CT molecular complexity index is 1160. The number of thiophene rings is 1. The molecule has 3 rings (SSSR count). The first kappa shape index (κ1) is 24.0. The minimum atomic E-state index is -0.506. The van der Waals surface area contributed by atoms with E-state index in [9.17, 15) is 14.4 Å². The van der Waals surface area contributed by atoms with Crippen molar-refractivity contribution in [3.05, 3.63) is 81.0 Å². The molecule has 33 heavy (non-hydrogen) atoms. The van der Waals surface area contributed by atoms with Crippen LogP contribution in [0.5, 0.6) is 11.5 Å². The van der Waals surface area contributed by atoms with Gasteiger partial charge in [-0.1, -0.05) is 23.7 Å². The lowest BCUT2D eigenvalue weighted by Crippen LogP contribution is -2.34.